The highest BCUT2D eigenvalue weighted by molar-refractivity contribution is 6.14. The highest BCUT2D eigenvalue weighted by atomic mass is 16.3. The Kier molecular flexibility index (Phi) is 7.42. The first-order valence-corrected chi connectivity index (χ1v) is 18.8. The molecule has 0 unspecified atom stereocenters. The van der Waals surface area contributed by atoms with Gasteiger partial charge in [0.25, 0.3) is 0 Å². The molecule has 8 aromatic carbocycles. The van der Waals surface area contributed by atoms with Gasteiger partial charge in [-0.25, -0.2) is 15.0 Å². The van der Waals surface area contributed by atoms with Gasteiger partial charge in [0.05, 0.1) is 22.1 Å². The van der Waals surface area contributed by atoms with Crippen LogP contribution >= 0.6 is 0 Å². The molecule has 3 heterocycles. The van der Waals surface area contributed by atoms with Crippen molar-refractivity contribution in [1.29, 1.82) is 0 Å². The molecule has 11 aromatic rings. The Morgan fingerprint density at radius 1 is 0.321 bits per heavy atom. The molecule has 0 spiro atoms. The minimum absolute atomic E-state index is 0.610. The molecule has 262 valence electrons. The summed E-state index contributed by atoms with van der Waals surface area (Å²) in [6.45, 7) is 0. The van der Waals surface area contributed by atoms with E-state index in [1.54, 1.807) is 0 Å². The van der Waals surface area contributed by atoms with Gasteiger partial charge in [0.15, 0.2) is 17.5 Å². The summed E-state index contributed by atoms with van der Waals surface area (Å²) in [5.41, 5.74) is 12.4. The highest BCUT2D eigenvalue weighted by Gasteiger charge is 2.19. The van der Waals surface area contributed by atoms with E-state index in [1.807, 2.05) is 54.6 Å². The van der Waals surface area contributed by atoms with Crippen molar-refractivity contribution in [2.75, 3.05) is 0 Å². The second-order valence-corrected chi connectivity index (χ2v) is 14.0. The standard InChI is InChI=1S/C51H32N4O/c1-3-13-33(14-4-1)37-17-11-18-38(31-37)34-25-27-36(28-26-34)50-52-49(35-15-5-2-6-16-35)53-51(54-50)39-29-30-41-40-19-7-9-21-43(40)55(45(41)32-39)44-22-12-24-47-48(44)42-20-8-10-23-46(42)56-47/h1-32H. The summed E-state index contributed by atoms with van der Waals surface area (Å²) in [5, 5.41) is 4.50. The number of nitrogens with zero attached hydrogens (tertiary/aromatic N) is 4. The van der Waals surface area contributed by atoms with Crippen LogP contribution in [-0.2, 0) is 0 Å². The molecule has 0 N–H and O–H groups in total. The van der Waals surface area contributed by atoms with Gasteiger partial charge in [0.1, 0.15) is 11.2 Å². The van der Waals surface area contributed by atoms with Crippen molar-refractivity contribution in [3.8, 4) is 62.1 Å². The lowest BCUT2D eigenvalue weighted by atomic mass is 9.98. The number of hydrogen-bond acceptors (Lipinski definition) is 4. The summed E-state index contributed by atoms with van der Waals surface area (Å²) in [5.74, 6) is 1.85. The molecule has 0 saturated carbocycles. The Labute approximate surface area is 322 Å². The Balaban J connectivity index is 1.06. The van der Waals surface area contributed by atoms with Gasteiger partial charge < -0.3 is 8.98 Å². The van der Waals surface area contributed by atoms with Crippen LogP contribution in [0, 0.1) is 0 Å². The molecule has 0 radical (unpaired) electrons. The molecular weight excluding hydrogens is 685 g/mol. The molecule has 0 aliphatic rings. The minimum Gasteiger partial charge on any atom is -0.456 e. The Morgan fingerprint density at radius 3 is 1.57 bits per heavy atom. The van der Waals surface area contributed by atoms with Crippen molar-refractivity contribution in [3.63, 3.8) is 0 Å². The van der Waals surface area contributed by atoms with Crippen LogP contribution in [0.3, 0.4) is 0 Å². The first kappa shape index (κ1) is 31.9. The van der Waals surface area contributed by atoms with Crippen molar-refractivity contribution in [3.05, 3.63) is 194 Å². The molecule has 0 aliphatic heterocycles. The third-order valence-corrected chi connectivity index (χ3v) is 10.7. The van der Waals surface area contributed by atoms with Crippen LogP contribution in [0.4, 0.5) is 0 Å². The van der Waals surface area contributed by atoms with Crippen LogP contribution in [0.15, 0.2) is 199 Å². The van der Waals surface area contributed by atoms with Gasteiger partial charge in [-0.2, -0.15) is 0 Å². The molecule has 5 nitrogen and oxygen atoms in total. The van der Waals surface area contributed by atoms with Crippen LogP contribution in [0.5, 0.6) is 0 Å². The number of aromatic nitrogens is 4. The fourth-order valence-electron chi connectivity index (χ4n) is 7.98. The SMILES string of the molecule is c1ccc(-c2cccc(-c3ccc(-c4nc(-c5ccccc5)nc(-c5ccc6c7ccccc7n(-c7cccc8oc9ccccc9c78)c6c5)n4)cc3)c2)cc1. The van der Waals surface area contributed by atoms with Gasteiger partial charge in [-0.3, -0.25) is 0 Å². The van der Waals surface area contributed by atoms with E-state index in [0.29, 0.717) is 17.5 Å². The molecule has 0 saturated heterocycles. The Morgan fingerprint density at radius 2 is 0.821 bits per heavy atom. The summed E-state index contributed by atoms with van der Waals surface area (Å²) in [6, 6.07) is 67.4. The lowest BCUT2D eigenvalue weighted by Crippen LogP contribution is -2.00. The van der Waals surface area contributed by atoms with Gasteiger partial charge in [0, 0.05) is 32.8 Å². The van der Waals surface area contributed by atoms with E-state index >= 15 is 0 Å². The molecular formula is C51H32N4O. The van der Waals surface area contributed by atoms with Crippen molar-refractivity contribution >= 4 is 43.7 Å². The van der Waals surface area contributed by atoms with Crippen LogP contribution in [0.1, 0.15) is 0 Å². The van der Waals surface area contributed by atoms with Crippen LogP contribution in [0.2, 0.25) is 0 Å². The van der Waals surface area contributed by atoms with Crippen molar-refractivity contribution in [2.24, 2.45) is 0 Å². The number of benzene rings is 8. The zero-order chi connectivity index (χ0) is 37.0. The highest BCUT2D eigenvalue weighted by Crippen LogP contribution is 2.40. The Bertz CT molecular complexity index is 3240. The quantitative estimate of drug-likeness (QED) is 0.172. The molecule has 11 rings (SSSR count). The predicted octanol–water partition coefficient (Wildman–Crippen LogP) is 13.2. The van der Waals surface area contributed by atoms with E-state index in [2.05, 4.69) is 144 Å². The number of para-hydroxylation sites is 2. The molecule has 0 amide bonds. The van der Waals surface area contributed by atoms with Gasteiger partial charge in [0.2, 0.25) is 0 Å². The van der Waals surface area contributed by atoms with Crippen LogP contribution in [-0.4, -0.2) is 19.5 Å². The average Bonchev–Trinajstić information content (AvgIpc) is 3.83. The first-order chi connectivity index (χ1) is 27.7. The normalized spacial score (nSPS) is 11.6. The number of rotatable bonds is 6. The number of hydrogen-bond donors (Lipinski definition) is 0. The first-order valence-electron chi connectivity index (χ1n) is 18.8. The zero-order valence-electron chi connectivity index (χ0n) is 30.2. The Hall–Kier alpha value is -7.63. The summed E-state index contributed by atoms with van der Waals surface area (Å²) in [4.78, 5) is 15.3. The summed E-state index contributed by atoms with van der Waals surface area (Å²) in [6.07, 6.45) is 0. The summed E-state index contributed by atoms with van der Waals surface area (Å²) >= 11 is 0. The van der Waals surface area contributed by atoms with E-state index in [1.165, 1.54) is 16.5 Å². The molecule has 0 bridgehead atoms. The molecule has 0 aliphatic carbocycles. The summed E-state index contributed by atoms with van der Waals surface area (Å²) < 4.78 is 8.69. The monoisotopic (exact) mass is 716 g/mol. The van der Waals surface area contributed by atoms with Gasteiger partial charge in [-0.1, -0.05) is 158 Å². The van der Waals surface area contributed by atoms with E-state index < -0.39 is 0 Å². The fraction of sp³-hybridized carbons (Fsp3) is 0. The maximum atomic E-state index is 6.33. The largest absolute Gasteiger partial charge is 0.456 e. The zero-order valence-corrected chi connectivity index (χ0v) is 30.2. The van der Waals surface area contributed by atoms with Gasteiger partial charge >= 0.3 is 0 Å². The molecule has 56 heavy (non-hydrogen) atoms. The number of fused-ring (bicyclic) bond motifs is 6. The van der Waals surface area contributed by atoms with Gasteiger partial charge in [-0.05, 0) is 58.7 Å². The molecule has 0 fully saturated rings. The maximum absolute atomic E-state index is 6.33. The lowest BCUT2D eigenvalue weighted by molar-refractivity contribution is 0.669. The maximum Gasteiger partial charge on any atom is 0.164 e. The third kappa shape index (κ3) is 5.37. The second-order valence-electron chi connectivity index (χ2n) is 14.0. The molecule has 0 atom stereocenters. The average molecular weight is 717 g/mol. The topological polar surface area (TPSA) is 56.7 Å². The van der Waals surface area contributed by atoms with E-state index in [4.69, 9.17) is 19.4 Å². The van der Waals surface area contributed by atoms with Crippen LogP contribution < -0.4 is 0 Å². The van der Waals surface area contributed by atoms with Crippen molar-refractivity contribution in [2.45, 2.75) is 0 Å². The van der Waals surface area contributed by atoms with Crippen LogP contribution in [0.25, 0.3) is 106 Å². The van der Waals surface area contributed by atoms with Gasteiger partial charge in [-0.15, -0.1) is 0 Å². The van der Waals surface area contributed by atoms with E-state index in [0.717, 1.165) is 71.9 Å². The smallest absolute Gasteiger partial charge is 0.164 e. The lowest BCUT2D eigenvalue weighted by Gasteiger charge is -2.11. The molecule has 5 heteroatoms. The molecule has 3 aromatic heterocycles. The second kappa shape index (κ2) is 13.0. The fourth-order valence-corrected chi connectivity index (χ4v) is 7.98. The van der Waals surface area contributed by atoms with Crippen molar-refractivity contribution < 1.29 is 4.42 Å². The van der Waals surface area contributed by atoms with E-state index in [-0.39, 0.29) is 0 Å². The number of furan rings is 1. The predicted molar refractivity (Wildman–Crippen MR) is 229 cm³/mol. The van der Waals surface area contributed by atoms with Crippen molar-refractivity contribution in [1.82, 2.24) is 19.5 Å². The minimum atomic E-state index is 0.610. The summed E-state index contributed by atoms with van der Waals surface area (Å²) in [7, 11) is 0. The van der Waals surface area contributed by atoms with E-state index in [9.17, 15) is 0 Å². The third-order valence-electron chi connectivity index (χ3n) is 10.7.